The molecule has 5 heteroatoms. The molecule has 1 amide bonds. The number of aromatic nitrogens is 2. The second kappa shape index (κ2) is 2.95. The lowest BCUT2D eigenvalue weighted by molar-refractivity contribution is 0.100. The van der Waals surface area contributed by atoms with Crippen LogP contribution in [0.15, 0.2) is 24.5 Å². The van der Waals surface area contributed by atoms with Crippen molar-refractivity contribution in [3.63, 3.8) is 0 Å². The fourth-order valence-electron chi connectivity index (χ4n) is 1.23. The first kappa shape index (κ1) is 8.43. The van der Waals surface area contributed by atoms with Crippen LogP contribution in [0.2, 0.25) is 0 Å². The predicted molar refractivity (Wildman–Crippen MR) is 52.5 cm³/mol. The summed E-state index contributed by atoms with van der Waals surface area (Å²) in [4.78, 5) is 18.7. The lowest BCUT2D eigenvalue weighted by Crippen LogP contribution is -2.10. The number of carbonyl (C=O) groups excluding carboxylic acids is 1. The van der Waals surface area contributed by atoms with Gasteiger partial charge in [0.05, 0.1) is 5.52 Å². The normalized spacial score (nSPS) is 10.3. The summed E-state index contributed by atoms with van der Waals surface area (Å²) in [6.45, 7) is 0. The van der Waals surface area contributed by atoms with E-state index >= 15 is 0 Å². The molecule has 0 aliphatic rings. The summed E-state index contributed by atoms with van der Waals surface area (Å²) < 4.78 is 0. The van der Waals surface area contributed by atoms with E-state index in [0.29, 0.717) is 22.3 Å². The van der Waals surface area contributed by atoms with E-state index in [4.69, 9.17) is 11.5 Å². The van der Waals surface area contributed by atoms with E-state index in [2.05, 4.69) is 9.97 Å². The Balaban J connectivity index is 2.76. The van der Waals surface area contributed by atoms with Crippen LogP contribution in [0.25, 0.3) is 10.9 Å². The van der Waals surface area contributed by atoms with Gasteiger partial charge in [0.15, 0.2) is 0 Å². The molecule has 0 unspecified atom stereocenters. The van der Waals surface area contributed by atoms with Crippen molar-refractivity contribution in [2.45, 2.75) is 0 Å². The minimum atomic E-state index is -0.491. The third-order valence-corrected chi connectivity index (χ3v) is 1.95. The lowest BCUT2D eigenvalue weighted by atomic mass is 10.1. The average Bonchev–Trinajstić information content (AvgIpc) is 2.18. The number of benzene rings is 1. The summed E-state index contributed by atoms with van der Waals surface area (Å²) in [7, 11) is 0. The molecule has 2 rings (SSSR count). The zero-order valence-corrected chi connectivity index (χ0v) is 7.27. The number of nitrogens with zero attached hydrogens (tertiary/aromatic N) is 2. The van der Waals surface area contributed by atoms with Crippen LogP contribution < -0.4 is 11.5 Å². The highest BCUT2D eigenvalue weighted by Crippen LogP contribution is 2.17. The maximum absolute atomic E-state index is 10.9. The molecule has 0 aliphatic carbocycles. The number of nitrogens with two attached hydrogens (primary N) is 2. The smallest absolute Gasteiger partial charge is 0.248 e. The van der Waals surface area contributed by atoms with Gasteiger partial charge in [-0.2, -0.15) is 0 Å². The predicted octanol–water partition coefficient (Wildman–Crippen LogP) is 0.311. The van der Waals surface area contributed by atoms with E-state index in [1.807, 2.05) is 0 Å². The topological polar surface area (TPSA) is 94.9 Å². The Labute approximate surface area is 79.8 Å². The molecule has 4 N–H and O–H groups in total. The first-order valence-corrected chi connectivity index (χ1v) is 3.98. The molecule has 0 saturated heterocycles. The van der Waals surface area contributed by atoms with Gasteiger partial charge in [0.1, 0.15) is 12.1 Å². The molecule has 14 heavy (non-hydrogen) atoms. The Morgan fingerprint density at radius 2 is 2.07 bits per heavy atom. The van der Waals surface area contributed by atoms with E-state index in [9.17, 15) is 4.79 Å². The molecule has 0 bridgehead atoms. The van der Waals surface area contributed by atoms with Gasteiger partial charge in [-0.15, -0.1) is 0 Å². The summed E-state index contributed by atoms with van der Waals surface area (Å²) in [6, 6.07) is 4.89. The van der Waals surface area contributed by atoms with Crippen LogP contribution in [0.3, 0.4) is 0 Å². The highest BCUT2D eigenvalue weighted by atomic mass is 16.1. The Morgan fingerprint density at radius 3 is 2.79 bits per heavy atom. The maximum Gasteiger partial charge on any atom is 0.248 e. The molecule has 5 nitrogen and oxygen atoms in total. The molecule has 0 atom stereocenters. The molecule has 2 aromatic rings. The minimum Gasteiger partial charge on any atom is -0.383 e. The highest BCUT2D eigenvalue weighted by Gasteiger charge is 2.04. The summed E-state index contributed by atoms with van der Waals surface area (Å²) >= 11 is 0. The van der Waals surface area contributed by atoms with Crippen LogP contribution in [0.5, 0.6) is 0 Å². The summed E-state index contributed by atoms with van der Waals surface area (Å²) in [5.41, 5.74) is 11.9. The number of amides is 1. The number of nitrogen functional groups attached to an aromatic ring is 1. The molecule has 1 heterocycles. The number of fused-ring (bicyclic) bond motifs is 1. The SMILES string of the molecule is NC(=O)c1ccc2ncnc(N)c2c1. The van der Waals surface area contributed by atoms with Crippen LogP contribution in [-0.4, -0.2) is 15.9 Å². The second-order valence-electron chi connectivity index (χ2n) is 2.86. The molecular formula is C9H8N4O. The molecule has 1 aromatic heterocycles. The van der Waals surface area contributed by atoms with Crippen molar-refractivity contribution in [1.82, 2.24) is 9.97 Å². The zero-order chi connectivity index (χ0) is 10.1. The number of hydrogen-bond acceptors (Lipinski definition) is 4. The van der Waals surface area contributed by atoms with Crippen LogP contribution in [-0.2, 0) is 0 Å². The van der Waals surface area contributed by atoms with Crippen molar-refractivity contribution in [3.05, 3.63) is 30.1 Å². The van der Waals surface area contributed by atoms with E-state index < -0.39 is 5.91 Å². The van der Waals surface area contributed by atoms with Crippen molar-refractivity contribution in [3.8, 4) is 0 Å². The van der Waals surface area contributed by atoms with Gasteiger partial charge in [-0.3, -0.25) is 4.79 Å². The molecule has 0 radical (unpaired) electrons. The van der Waals surface area contributed by atoms with Crippen molar-refractivity contribution in [2.75, 3.05) is 5.73 Å². The van der Waals surface area contributed by atoms with Gasteiger partial charge in [0.2, 0.25) is 5.91 Å². The molecule has 70 valence electrons. The standard InChI is InChI=1S/C9H8N4O/c10-8-6-3-5(9(11)14)1-2-7(6)12-4-13-8/h1-4H,(H2,11,14)(H2,10,12,13). The van der Waals surface area contributed by atoms with Gasteiger partial charge < -0.3 is 11.5 Å². The molecule has 0 fully saturated rings. The minimum absolute atomic E-state index is 0.345. The summed E-state index contributed by atoms with van der Waals surface area (Å²) in [5, 5.41) is 0.642. The van der Waals surface area contributed by atoms with E-state index in [-0.39, 0.29) is 0 Å². The van der Waals surface area contributed by atoms with Gasteiger partial charge >= 0.3 is 0 Å². The number of hydrogen-bond donors (Lipinski definition) is 2. The monoisotopic (exact) mass is 188 g/mol. The highest BCUT2D eigenvalue weighted by molar-refractivity contribution is 5.99. The fourth-order valence-corrected chi connectivity index (χ4v) is 1.23. The van der Waals surface area contributed by atoms with E-state index in [1.54, 1.807) is 18.2 Å². The molecular weight excluding hydrogens is 180 g/mol. The summed E-state index contributed by atoms with van der Waals surface area (Å²) in [5.74, 6) is -0.145. The van der Waals surface area contributed by atoms with Crippen molar-refractivity contribution < 1.29 is 4.79 Å². The van der Waals surface area contributed by atoms with Crippen molar-refractivity contribution in [2.24, 2.45) is 5.73 Å². The molecule has 1 aromatic carbocycles. The largest absolute Gasteiger partial charge is 0.383 e. The number of primary amides is 1. The Morgan fingerprint density at radius 1 is 1.29 bits per heavy atom. The van der Waals surface area contributed by atoms with Crippen molar-refractivity contribution >= 4 is 22.6 Å². The lowest BCUT2D eigenvalue weighted by Gasteiger charge is -2.01. The molecule has 0 spiro atoms. The second-order valence-corrected chi connectivity index (χ2v) is 2.86. The average molecular weight is 188 g/mol. The first-order valence-electron chi connectivity index (χ1n) is 3.98. The van der Waals surface area contributed by atoms with Crippen LogP contribution in [0, 0.1) is 0 Å². The summed E-state index contributed by atoms with van der Waals surface area (Å²) in [6.07, 6.45) is 1.38. The van der Waals surface area contributed by atoms with Crippen LogP contribution >= 0.6 is 0 Å². The quantitative estimate of drug-likeness (QED) is 0.673. The van der Waals surface area contributed by atoms with Gasteiger partial charge in [-0.25, -0.2) is 9.97 Å². The first-order chi connectivity index (χ1) is 6.68. The molecule has 0 saturated carbocycles. The maximum atomic E-state index is 10.9. The third-order valence-electron chi connectivity index (χ3n) is 1.95. The van der Waals surface area contributed by atoms with E-state index in [1.165, 1.54) is 6.33 Å². The zero-order valence-electron chi connectivity index (χ0n) is 7.27. The van der Waals surface area contributed by atoms with Gasteiger partial charge in [0.25, 0.3) is 0 Å². The number of carbonyl (C=O) groups is 1. The van der Waals surface area contributed by atoms with Crippen molar-refractivity contribution in [1.29, 1.82) is 0 Å². The van der Waals surface area contributed by atoms with Gasteiger partial charge in [-0.1, -0.05) is 0 Å². The third kappa shape index (κ3) is 1.24. The Kier molecular flexibility index (Phi) is 1.78. The fraction of sp³-hybridized carbons (Fsp3) is 0. The molecule has 0 aliphatic heterocycles. The number of anilines is 1. The van der Waals surface area contributed by atoms with Crippen LogP contribution in [0.4, 0.5) is 5.82 Å². The van der Waals surface area contributed by atoms with E-state index in [0.717, 1.165) is 0 Å². The van der Waals surface area contributed by atoms with Gasteiger partial charge in [-0.05, 0) is 18.2 Å². The Bertz CT molecular complexity index is 509. The van der Waals surface area contributed by atoms with Gasteiger partial charge in [0, 0.05) is 10.9 Å². The van der Waals surface area contributed by atoms with Crippen LogP contribution in [0.1, 0.15) is 10.4 Å². The Hall–Kier alpha value is -2.17. The number of rotatable bonds is 1.